The van der Waals surface area contributed by atoms with Crippen LogP contribution in [0.3, 0.4) is 0 Å². The molecule has 4 rings (SSSR count). The molecule has 0 bridgehead atoms. The summed E-state index contributed by atoms with van der Waals surface area (Å²) in [5.41, 5.74) is 13.0. The molecular formula is C19H26N6O3. The van der Waals surface area contributed by atoms with E-state index in [0.29, 0.717) is 17.7 Å². The van der Waals surface area contributed by atoms with E-state index < -0.39 is 5.91 Å². The van der Waals surface area contributed by atoms with Gasteiger partial charge in [-0.25, -0.2) is 9.50 Å². The molecule has 2 aliphatic rings. The van der Waals surface area contributed by atoms with E-state index in [1.165, 1.54) is 12.7 Å². The summed E-state index contributed by atoms with van der Waals surface area (Å²) in [5, 5.41) is 7.72. The number of ether oxygens (including phenoxy) is 1. The molecule has 0 spiro atoms. The molecule has 0 radical (unpaired) electrons. The number of rotatable bonds is 5. The molecule has 1 saturated heterocycles. The fourth-order valence-corrected chi connectivity index (χ4v) is 4.35. The predicted molar refractivity (Wildman–Crippen MR) is 102 cm³/mol. The Bertz CT molecular complexity index is 889. The van der Waals surface area contributed by atoms with Gasteiger partial charge in [0.15, 0.2) is 5.82 Å². The first-order valence-corrected chi connectivity index (χ1v) is 9.89. The molecule has 1 aliphatic carbocycles. The van der Waals surface area contributed by atoms with Gasteiger partial charge in [0.05, 0.1) is 17.2 Å². The van der Waals surface area contributed by atoms with Gasteiger partial charge in [-0.3, -0.25) is 9.59 Å². The lowest BCUT2D eigenvalue weighted by Gasteiger charge is -2.21. The highest BCUT2D eigenvalue weighted by molar-refractivity contribution is 6.02. The van der Waals surface area contributed by atoms with Crippen LogP contribution < -0.4 is 16.8 Å². The first kappa shape index (κ1) is 18.7. The summed E-state index contributed by atoms with van der Waals surface area (Å²) in [6, 6.07) is 1.75. The van der Waals surface area contributed by atoms with Gasteiger partial charge < -0.3 is 21.5 Å². The minimum absolute atomic E-state index is 0.0340. The molecule has 5 N–H and O–H groups in total. The maximum atomic E-state index is 12.3. The molecule has 9 nitrogen and oxygen atoms in total. The maximum absolute atomic E-state index is 12.3. The third-order valence-electron chi connectivity index (χ3n) is 5.84. The average Bonchev–Trinajstić information content (AvgIpc) is 3.32. The van der Waals surface area contributed by atoms with Crippen LogP contribution in [0.2, 0.25) is 0 Å². The molecule has 1 amide bonds. The highest BCUT2D eigenvalue weighted by Gasteiger charge is 2.31. The Balaban J connectivity index is 1.44. The number of amides is 1. The number of nitrogen functional groups attached to an aromatic ring is 1. The van der Waals surface area contributed by atoms with E-state index in [0.717, 1.165) is 44.2 Å². The van der Waals surface area contributed by atoms with E-state index >= 15 is 0 Å². The summed E-state index contributed by atoms with van der Waals surface area (Å²) in [5.74, 6) is -0.375. The number of nitrogens with two attached hydrogens (primary N) is 2. The standard InChI is InChI=1S/C19H26N6O3/c20-17-16-13(18(21)26)8-15(25(16)23-10-22-17)14-7-6-12(24-14)9-28-19(27)11-4-2-1-3-5-11/h8,10-12,14,24H,1-7,9H2,(H2,21,26)(H2,20,22,23). The molecule has 2 aromatic rings. The predicted octanol–water partition coefficient (Wildman–Crippen LogP) is 1.33. The Morgan fingerprint density at radius 2 is 2.00 bits per heavy atom. The van der Waals surface area contributed by atoms with Crippen LogP contribution in [0.1, 0.15) is 67.0 Å². The Kier molecular flexibility index (Phi) is 5.17. The number of fused-ring (bicyclic) bond motifs is 1. The summed E-state index contributed by atoms with van der Waals surface area (Å²) in [4.78, 5) is 28.0. The summed E-state index contributed by atoms with van der Waals surface area (Å²) in [7, 11) is 0. The van der Waals surface area contributed by atoms with Crippen molar-refractivity contribution in [3.8, 4) is 0 Å². The van der Waals surface area contributed by atoms with Crippen molar-refractivity contribution in [1.29, 1.82) is 0 Å². The van der Waals surface area contributed by atoms with Crippen molar-refractivity contribution >= 4 is 23.2 Å². The lowest BCUT2D eigenvalue weighted by atomic mass is 9.89. The van der Waals surface area contributed by atoms with Crippen LogP contribution in [-0.4, -0.2) is 39.1 Å². The topological polar surface area (TPSA) is 138 Å². The van der Waals surface area contributed by atoms with E-state index in [-0.39, 0.29) is 29.8 Å². The zero-order valence-corrected chi connectivity index (χ0v) is 15.8. The Labute approximate surface area is 162 Å². The molecular weight excluding hydrogens is 360 g/mol. The summed E-state index contributed by atoms with van der Waals surface area (Å²) < 4.78 is 7.19. The van der Waals surface area contributed by atoms with Gasteiger partial charge in [-0.1, -0.05) is 19.3 Å². The molecule has 0 aromatic carbocycles. The zero-order valence-electron chi connectivity index (χ0n) is 15.8. The van der Waals surface area contributed by atoms with Gasteiger partial charge in [-0.2, -0.15) is 5.10 Å². The van der Waals surface area contributed by atoms with Crippen LogP contribution in [-0.2, 0) is 9.53 Å². The largest absolute Gasteiger partial charge is 0.464 e. The number of esters is 1. The first-order valence-electron chi connectivity index (χ1n) is 9.89. The van der Waals surface area contributed by atoms with Gasteiger partial charge >= 0.3 is 5.97 Å². The Morgan fingerprint density at radius 3 is 2.75 bits per heavy atom. The van der Waals surface area contributed by atoms with Crippen LogP contribution in [0.25, 0.3) is 5.52 Å². The number of aromatic nitrogens is 3. The molecule has 2 aromatic heterocycles. The number of hydrogen-bond donors (Lipinski definition) is 3. The average molecular weight is 386 g/mol. The lowest BCUT2D eigenvalue weighted by molar-refractivity contribution is -0.150. The molecule has 150 valence electrons. The first-order chi connectivity index (χ1) is 13.5. The number of anilines is 1. The Morgan fingerprint density at radius 1 is 1.21 bits per heavy atom. The quantitative estimate of drug-likeness (QED) is 0.659. The van der Waals surface area contributed by atoms with Gasteiger partial charge in [-0.15, -0.1) is 0 Å². The normalized spacial score (nSPS) is 23.1. The third-order valence-corrected chi connectivity index (χ3v) is 5.84. The minimum atomic E-state index is -0.568. The molecule has 2 fully saturated rings. The highest BCUT2D eigenvalue weighted by Crippen LogP contribution is 2.31. The molecule has 2 unspecified atom stereocenters. The van der Waals surface area contributed by atoms with Crippen molar-refractivity contribution in [2.45, 2.75) is 57.0 Å². The van der Waals surface area contributed by atoms with Crippen LogP contribution in [0.15, 0.2) is 12.4 Å². The zero-order chi connectivity index (χ0) is 19.7. The minimum Gasteiger partial charge on any atom is -0.464 e. The van der Waals surface area contributed by atoms with Gasteiger partial charge in [0.2, 0.25) is 0 Å². The fourth-order valence-electron chi connectivity index (χ4n) is 4.35. The number of hydrogen-bond acceptors (Lipinski definition) is 7. The van der Waals surface area contributed by atoms with Crippen LogP contribution in [0.5, 0.6) is 0 Å². The van der Waals surface area contributed by atoms with E-state index in [1.54, 1.807) is 10.6 Å². The van der Waals surface area contributed by atoms with Crippen molar-refractivity contribution in [2.75, 3.05) is 12.3 Å². The second kappa shape index (κ2) is 7.75. The summed E-state index contributed by atoms with van der Waals surface area (Å²) in [6.07, 6.45) is 8.36. The van der Waals surface area contributed by atoms with Gasteiger partial charge in [-0.05, 0) is 31.7 Å². The van der Waals surface area contributed by atoms with E-state index in [2.05, 4.69) is 15.4 Å². The van der Waals surface area contributed by atoms with Crippen LogP contribution >= 0.6 is 0 Å². The molecule has 1 aliphatic heterocycles. The molecule has 9 heteroatoms. The number of carbonyl (C=O) groups is 2. The molecule has 3 heterocycles. The van der Waals surface area contributed by atoms with Crippen molar-refractivity contribution in [1.82, 2.24) is 19.9 Å². The second-order valence-electron chi connectivity index (χ2n) is 7.71. The van der Waals surface area contributed by atoms with Crippen LogP contribution in [0, 0.1) is 5.92 Å². The number of nitrogens with zero attached hydrogens (tertiary/aromatic N) is 3. The fraction of sp³-hybridized carbons (Fsp3) is 0.579. The number of primary amides is 1. The van der Waals surface area contributed by atoms with E-state index in [4.69, 9.17) is 16.2 Å². The van der Waals surface area contributed by atoms with Crippen molar-refractivity contribution in [3.63, 3.8) is 0 Å². The monoisotopic (exact) mass is 386 g/mol. The maximum Gasteiger partial charge on any atom is 0.308 e. The van der Waals surface area contributed by atoms with Crippen LogP contribution in [0.4, 0.5) is 5.82 Å². The van der Waals surface area contributed by atoms with Crippen molar-refractivity contribution < 1.29 is 14.3 Å². The van der Waals surface area contributed by atoms with Gasteiger partial charge in [0, 0.05) is 12.1 Å². The summed E-state index contributed by atoms with van der Waals surface area (Å²) >= 11 is 0. The molecule has 1 saturated carbocycles. The summed E-state index contributed by atoms with van der Waals surface area (Å²) in [6.45, 7) is 0.356. The molecule has 2 atom stereocenters. The lowest BCUT2D eigenvalue weighted by Crippen LogP contribution is -2.32. The van der Waals surface area contributed by atoms with Gasteiger partial charge in [0.1, 0.15) is 18.5 Å². The third kappa shape index (κ3) is 3.54. The van der Waals surface area contributed by atoms with E-state index in [9.17, 15) is 9.59 Å². The van der Waals surface area contributed by atoms with Crippen molar-refractivity contribution in [3.05, 3.63) is 23.7 Å². The number of carbonyl (C=O) groups excluding carboxylic acids is 2. The SMILES string of the molecule is NC(=O)c1cc(C2CCC(COC(=O)C3CCCCC3)N2)n2ncnc(N)c12. The Hall–Kier alpha value is -2.68. The smallest absolute Gasteiger partial charge is 0.308 e. The number of nitrogens with one attached hydrogen (secondary N) is 1. The second-order valence-corrected chi connectivity index (χ2v) is 7.71. The van der Waals surface area contributed by atoms with Crippen molar-refractivity contribution in [2.24, 2.45) is 11.7 Å². The van der Waals surface area contributed by atoms with E-state index in [1.807, 2.05) is 0 Å². The highest BCUT2D eigenvalue weighted by atomic mass is 16.5. The van der Waals surface area contributed by atoms with Gasteiger partial charge in [0.25, 0.3) is 5.91 Å². The molecule has 28 heavy (non-hydrogen) atoms.